The van der Waals surface area contributed by atoms with Crippen LogP contribution in [-0.2, 0) is 4.79 Å². The molecule has 68 valence electrons. The van der Waals surface area contributed by atoms with Crippen LogP contribution in [0.15, 0.2) is 12.2 Å². The van der Waals surface area contributed by atoms with Gasteiger partial charge in [-0.25, -0.2) is 0 Å². The molecule has 0 spiro atoms. The van der Waals surface area contributed by atoms with E-state index in [2.05, 4.69) is 11.0 Å². The number of allylic oxidation sites excluding steroid dienone is 1. The molecule has 1 aliphatic rings. The molecule has 12 heavy (non-hydrogen) atoms. The number of likely N-dealkylation sites (tertiary alicyclic amines) is 1. The molecule has 0 aromatic heterocycles. The summed E-state index contributed by atoms with van der Waals surface area (Å²) in [6, 6.07) is 0. The molecule has 1 rings (SSSR count). The molecule has 0 radical (unpaired) electrons. The smallest absolute Gasteiger partial charge is 0.307 e. The molecule has 1 fully saturated rings. The van der Waals surface area contributed by atoms with Crippen LogP contribution in [0.5, 0.6) is 0 Å². The van der Waals surface area contributed by atoms with Gasteiger partial charge >= 0.3 is 5.97 Å². The van der Waals surface area contributed by atoms with Crippen LogP contribution in [0.3, 0.4) is 0 Å². The van der Waals surface area contributed by atoms with Gasteiger partial charge in [-0.15, -0.1) is 0 Å². The number of rotatable bonds is 3. The Balaban J connectivity index is 2.30. The third kappa shape index (κ3) is 2.34. The molecule has 0 amide bonds. The van der Waals surface area contributed by atoms with Crippen LogP contribution in [-0.4, -0.2) is 35.6 Å². The molecule has 1 N–H and O–H groups in total. The summed E-state index contributed by atoms with van der Waals surface area (Å²) in [7, 11) is 0. The van der Waals surface area contributed by atoms with E-state index in [0.717, 1.165) is 19.5 Å². The minimum atomic E-state index is -0.655. The Kier molecular flexibility index (Phi) is 3.29. The molecule has 0 aromatic rings. The molecule has 1 heterocycles. The molecule has 0 saturated carbocycles. The average Bonchev–Trinajstić information content (AvgIpc) is 2.48. The van der Waals surface area contributed by atoms with E-state index in [4.69, 9.17) is 5.11 Å². The molecule has 1 unspecified atom stereocenters. The predicted molar refractivity (Wildman–Crippen MR) is 47.0 cm³/mol. The van der Waals surface area contributed by atoms with E-state index in [1.807, 2.05) is 13.0 Å². The van der Waals surface area contributed by atoms with Gasteiger partial charge in [0, 0.05) is 13.1 Å². The van der Waals surface area contributed by atoms with E-state index >= 15 is 0 Å². The molecule has 0 aliphatic carbocycles. The van der Waals surface area contributed by atoms with Crippen molar-refractivity contribution in [1.82, 2.24) is 4.90 Å². The summed E-state index contributed by atoms with van der Waals surface area (Å²) < 4.78 is 0. The lowest BCUT2D eigenvalue weighted by Crippen LogP contribution is -2.23. The topological polar surface area (TPSA) is 40.5 Å². The first kappa shape index (κ1) is 9.26. The largest absolute Gasteiger partial charge is 0.481 e. The van der Waals surface area contributed by atoms with Gasteiger partial charge in [0.15, 0.2) is 0 Å². The Morgan fingerprint density at radius 2 is 2.50 bits per heavy atom. The summed E-state index contributed by atoms with van der Waals surface area (Å²) in [5.41, 5.74) is 0. The molecule has 1 atom stereocenters. The Labute approximate surface area is 72.7 Å². The van der Waals surface area contributed by atoms with Crippen molar-refractivity contribution in [1.29, 1.82) is 0 Å². The third-order valence-electron chi connectivity index (χ3n) is 2.22. The van der Waals surface area contributed by atoms with Crippen molar-refractivity contribution in [2.75, 3.05) is 19.6 Å². The Morgan fingerprint density at radius 3 is 3.00 bits per heavy atom. The first-order valence-electron chi connectivity index (χ1n) is 4.30. The van der Waals surface area contributed by atoms with E-state index in [1.54, 1.807) is 0 Å². The number of aliphatic carboxylic acids is 1. The first-order valence-corrected chi connectivity index (χ1v) is 4.30. The van der Waals surface area contributed by atoms with E-state index in [-0.39, 0.29) is 5.92 Å². The maximum Gasteiger partial charge on any atom is 0.307 e. The number of carboxylic acids is 1. The lowest BCUT2D eigenvalue weighted by atomic mass is 10.1. The standard InChI is InChI=1S/C9H15NO2/c1-2-3-5-10-6-4-8(7-10)9(11)12/h2-3,8H,4-7H2,1H3,(H,11,12). The fourth-order valence-electron chi connectivity index (χ4n) is 1.45. The first-order chi connectivity index (χ1) is 5.74. The van der Waals surface area contributed by atoms with Gasteiger partial charge in [-0.05, 0) is 19.9 Å². The summed E-state index contributed by atoms with van der Waals surface area (Å²) in [5.74, 6) is -0.798. The van der Waals surface area contributed by atoms with E-state index in [1.165, 1.54) is 0 Å². The van der Waals surface area contributed by atoms with Gasteiger partial charge in [-0.3, -0.25) is 9.69 Å². The second-order valence-corrected chi connectivity index (χ2v) is 3.15. The Hall–Kier alpha value is -0.830. The third-order valence-corrected chi connectivity index (χ3v) is 2.22. The van der Waals surface area contributed by atoms with Crippen molar-refractivity contribution in [3.8, 4) is 0 Å². The quantitative estimate of drug-likeness (QED) is 0.640. The van der Waals surface area contributed by atoms with Gasteiger partial charge in [0.05, 0.1) is 5.92 Å². The van der Waals surface area contributed by atoms with E-state index in [0.29, 0.717) is 6.54 Å². The average molecular weight is 169 g/mol. The molecule has 1 aliphatic heterocycles. The summed E-state index contributed by atoms with van der Waals surface area (Å²) >= 11 is 0. The number of nitrogens with zero attached hydrogens (tertiary/aromatic N) is 1. The minimum absolute atomic E-state index is 0.143. The maximum absolute atomic E-state index is 10.6. The summed E-state index contributed by atoms with van der Waals surface area (Å²) in [6.07, 6.45) is 4.85. The molecule has 3 heteroatoms. The van der Waals surface area contributed by atoms with Crippen LogP contribution < -0.4 is 0 Å². The zero-order chi connectivity index (χ0) is 8.97. The Bertz CT molecular complexity index is 189. The molecular formula is C9H15NO2. The number of carbonyl (C=O) groups is 1. The summed E-state index contributed by atoms with van der Waals surface area (Å²) in [4.78, 5) is 12.7. The van der Waals surface area contributed by atoms with Crippen LogP contribution in [0.4, 0.5) is 0 Å². The second kappa shape index (κ2) is 4.26. The van der Waals surface area contributed by atoms with E-state index in [9.17, 15) is 4.79 Å². The highest BCUT2D eigenvalue weighted by molar-refractivity contribution is 5.70. The fourth-order valence-corrected chi connectivity index (χ4v) is 1.45. The highest BCUT2D eigenvalue weighted by Gasteiger charge is 2.26. The molecule has 0 aromatic carbocycles. The molecular weight excluding hydrogens is 154 g/mol. The van der Waals surface area contributed by atoms with Crippen molar-refractivity contribution < 1.29 is 9.90 Å². The van der Waals surface area contributed by atoms with Gasteiger partial charge < -0.3 is 5.11 Å². The second-order valence-electron chi connectivity index (χ2n) is 3.15. The number of hydrogen-bond donors (Lipinski definition) is 1. The summed E-state index contributed by atoms with van der Waals surface area (Å²) in [5, 5.41) is 8.71. The monoisotopic (exact) mass is 169 g/mol. The highest BCUT2D eigenvalue weighted by atomic mass is 16.4. The van der Waals surface area contributed by atoms with Crippen molar-refractivity contribution in [3.63, 3.8) is 0 Å². The van der Waals surface area contributed by atoms with Gasteiger partial charge in [-0.1, -0.05) is 12.2 Å². The summed E-state index contributed by atoms with van der Waals surface area (Å²) in [6.45, 7) is 4.49. The van der Waals surface area contributed by atoms with Crippen LogP contribution in [0.1, 0.15) is 13.3 Å². The molecule has 3 nitrogen and oxygen atoms in total. The van der Waals surface area contributed by atoms with Crippen LogP contribution in [0.25, 0.3) is 0 Å². The Morgan fingerprint density at radius 1 is 1.75 bits per heavy atom. The number of hydrogen-bond acceptors (Lipinski definition) is 2. The molecule has 0 bridgehead atoms. The highest BCUT2D eigenvalue weighted by Crippen LogP contribution is 2.15. The van der Waals surface area contributed by atoms with Crippen molar-refractivity contribution in [2.45, 2.75) is 13.3 Å². The van der Waals surface area contributed by atoms with Crippen LogP contribution in [0, 0.1) is 5.92 Å². The zero-order valence-corrected chi connectivity index (χ0v) is 7.36. The van der Waals surface area contributed by atoms with Crippen molar-refractivity contribution in [2.24, 2.45) is 5.92 Å². The van der Waals surface area contributed by atoms with Gasteiger partial charge in [-0.2, -0.15) is 0 Å². The predicted octanol–water partition coefficient (Wildman–Crippen LogP) is 0.969. The SMILES string of the molecule is CC=CCN1CCC(C(=O)O)C1. The van der Waals surface area contributed by atoms with Crippen LogP contribution >= 0.6 is 0 Å². The normalized spacial score (nSPS) is 25.2. The number of carboxylic acid groups (broad SMARTS) is 1. The maximum atomic E-state index is 10.6. The lowest BCUT2D eigenvalue weighted by molar-refractivity contribution is -0.141. The molecule has 1 saturated heterocycles. The van der Waals surface area contributed by atoms with Gasteiger partial charge in [0.25, 0.3) is 0 Å². The van der Waals surface area contributed by atoms with Gasteiger partial charge in [0.2, 0.25) is 0 Å². The lowest BCUT2D eigenvalue weighted by Gasteiger charge is -2.11. The minimum Gasteiger partial charge on any atom is -0.481 e. The van der Waals surface area contributed by atoms with Crippen LogP contribution in [0.2, 0.25) is 0 Å². The van der Waals surface area contributed by atoms with Crippen molar-refractivity contribution in [3.05, 3.63) is 12.2 Å². The van der Waals surface area contributed by atoms with E-state index < -0.39 is 5.97 Å². The van der Waals surface area contributed by atoms with Gasteiger partial charge in [0.1, 0.15) is 0 Å². The zero-order valence-electron chi connectivity index (χ0n) is 7.36. The van der Waals surface area contributed by atoms with Crippen molar-refractivity contribution >= 4 is 5.97 Å². The fraction of sp³-hybridized carbons (Fsp3) is 0.667.